The first-order chi connectivity index (χ1) is 9.91. The van der Waals surface area contributed by atoms with Crippen LogP contribution in [0, 0.1) is 0 Å². The Labute approximate surface area is 133 Å². The van der Waals surface area contributed by atoms with E-state index >= 15 is 0 Å². The number of hydrogen-bond acceptors (Lipinski definition) is 1. The molecule has 1 unspecified atom stereocenters. The van der Waals surface area contributed by atoms with Crippen LogP contribution >= 0.6 is 11.6 Å². The molecule has 0 fully saturated rings. The standard InChI is InChI=1S/C19H24ClN/c1-5-17(14-9-8-10-15(20)13-14)21-18-12-7-6-11-16(18)19(2,3)4/h6-13,17,21H,5H2,1-4H3. The van der Waals surface area contributed by atoms with Gasteiger partial charge >= 0.3 is 0 Å². The van der Waals surface area contributed by atoms with Crippen LogP contribution in [0.3, 0.4) is 0 Å². The van der Waals surface area contributed by atoms with E-state index < -0.39 is 0 Å². The van der Waals surface area contributed by atoms with E-state index in [1.165, 1.54) is 16.8 Å². The highest BCUT2D eigenvalue weighted by Gasteiger charge is 2.19. The molecule has 2 rings (SSSR count). The van der Waals surface area contributed by atoms with Crippen molar-refractivity contribution in [3.8, 4) is 0 Å². The van der Waals surface area contributed by atoms with Gasteiger partial charge in [-0.3, -0.25) is 0 Å². The van der Waals surface area contributed by atoms with Crippen LogP contribution in [0.5, 0.6) is 0 Å². The summed E-state index contributed by atoms with van der Waals surface area (Å²) in [5, 5.41) is 4.48. The molecule has 0 saturated heterocycles. The Hall–Kier alpha value is -1.47. The summed E-state index contributed by atoms with van der Waals surface area (Å²) in [6.45, 7) is 8.92. The van der Waals surface area contributed by atoms with Crippen LogP contribution in [0.25, 0.3) is 0 Å². The van der Waals surface area contributed by atoms with Gasteiger partial charge in [-0.15, -0.1) is 0 Å². The van der Waals surface area contributed by atoms with Crippen LogP contribution in [0.15, 0.2) is 48.5 Å². The molecule has 2 heteroatoms. The third kappa shape index (κ3) is 4.01. The Morgan fingerprint density at radius 2 is 1.76 bits per heavy atom. The first-order valence-electron chi connectivity index (χ1n) is 7.53. The fourth-order valence-corrected chi connectivity index (χ4v) is 2.79. The molecule has 0 bridgehead atoms. The van der Waals surface area contributed by atoms with Gasteiger partial charge in [0.2, 0.25) is 0 Å². The summed E-state index contributed by atoms with van der Waals surface area (Å²) in [6, 6.07) is 16.9. The molecule has 1 N–H and O–H groups in total. The lowest BCUT2D eigenvalue weighted by Gasteiger charge is -2.27. The van der Waals surface area contributed by atoms with Gasteiger partial charge in [0.1, 0.15) is 0 Å². The number of anilines is 1. The zero-order valence-corrected chi connectivity index (χ0v) is 14.0. The van der Waals surface area contributed by atoms with Gasteiger partial charge in [0.15, 0.2) is 0 Å². The fraction of sp³-hybridized carbons (Fsp3) is 0.368. The first-order valence-corrected chi connectivity index (χ1v) is 7.91. The topological polar surface area (TPSA) is 12.0 Å². The molecule has 0 heterocycles. The molecule has 0 saturated carbocycles. The normalized spacial score (nSPS) is 13.0. The van der Waals surface area contributed by atoms with Crippen molar-refractivity contribution >= 4 is 17.3 Å². The van der Waals surface area contributed by atoms with E-state index in [0.29, 0.717) is 0 Å². The highest BCUT2D eigenvalue weighted by molar-refractivity contribution is 6.30. The number of hydrogen-bond donors (Lipinski definition) is 1. The van der Waals surface area contributed by atoms with E-state index in [2.05, 4.69) is 63.3 Å². The number of rotatable bonds is 4. The second-order valence-corrected chi connectivity index (χ2v) is 6.89. The average Bonchev–Trinajstić information content (AvgIpc) is 2.44. The Morgan fingerprint density at radius 1 is 1.05 bits per heavy atom. The summed E-state index contributed by atoms with van der Waals surface area (Å²) in [5.74, 6) is 0. The van der Waals surface area contributed by atoms with Gasteiger partial charge in [0, 0.05) is 10.7 Å². The maximum atomic E-state index is 6.12. The largest absolute Gasteiger partial charge is 0.378 e. The molecule has 1 nitrogen and oxygen atoms in total. The number of para-hydroxylation sites is 1. The average molecular weight is 302 g/mol. The van der Waals surface area contributed by atoms with Crippen molar-refractivity contribution in [1.29, 1.82) is 0 Å². The van der Waals surface area contributed by atoms with Crippen LogP contribution in [0.4, 0.5) is 5.69 Å². The molecule has 1 atom stereocenters. The highest BCUT2D eigenvalue weighted by atomic mass is 35.5. The summed E-state index contributed by atoms with van der Waals surface area (Å²) in [4.78, 5) is 0. The Morgan fingerprint density at radius 3 is 2.38 bits per heavy atom. The Kier molecular flexibility index (Phi) is 4.95. The van der Waals surface area contributed by atoms with Crippen LogP contribution in [0.1, 0.15) is 51.3 Å². The first kappa shape index (κ1) is 15.9. The monoisotopic (exact) mass is 301 g/mol. The van der Waals surface area contributed by atoms with Crippen molar-refractivity contribution in [3.05, 3.63) is 64.7 Å². The predicted octanol–water partition coefficient (Wildman–Crippen LogP) is 6.20. The lowest BCUT2D eigenvalue weighted by Crippen LogP contribution is -2.17. The molecular weight excluding hydrogens is 278 g/mol. The van der Waals surface area contributed by atoms with Crippen molar-refractivity contribution in [2.24, 2.45) is 0 Å². The molecule has 0 radical (unpaired) electrons. The summed E-state index contributed by atoms with van der Waals surface area (Å²) in [6.07, 6.45) is 1.01. The number of halogens is 1. The van der Waals surface area contributed by atoms with Gasteiger partial charge < -0.3 is 5.32 Å². The van der Waals surface area contributed by atoms with E-state index in [0.717, 1.165) is 11.4 Å². The second kappa shape index (κ2) is 6.53. The minimum Gasteiger partial charge on any atom is -0.378 e. The van der Waals surface area contributed by atoms with Crippen molar-refractivity contribution in [1.82, 2.24) is 0 Å². The molecule has 21 heavy (non-hydrogen) atoms. The molecule has 2 aromatic carbocycles. The van der Waals surface area contributed by atoms with E-state index in [1.807, 2.05) is 18.2 Å². The van der Waals surface area contributed by atoms with Crippen LogP contribution in [-0.4, -0.2) is 0 Å². The number of nitrogens with one attached hydrogen (secondary N) is 1. The summed E-state index contributed by atoms with van der Waals surface area (Å²) < 4.78 is 0. The van der Waals surface area contributed by atoms with Crippen LogP contribution in [0.2, 0.25) is 5.02 Å². The molecule has 0 aromatic heterocycles. The van der Waals surface area contributed by atoms with E-state index in [1.54, 1.807) is 0 Å². The smallest absolute Gasteiger partial charge is 0.0511 e. The van der Waals surface area contributed by atoms with E-state index in [9.17, 15) is 0 Å². The minimum absolute atomic E-state index is 0.121. The SMILES string of the molecule is CCC(Nc1ccccc1C(C)(C)C)c1cccc(Cl)c1. The van der Waals surface area contributed by atoms with Gasteiger partial charge in [-0.2, -0.15) is 0 Å². The zero-order chi connectivity index (χ0) is 15.5. The van der Waals surface area contributed by atoms with Crippen LogP contribution in [-0.2, 0) is 5.41 Å². The Bertz CT molecular complexity index is 599. The van der Waals surface area contributed by atoms with E-state index in [4.69, 9.17) is 11.6 Å². The van der Waals surface area contributed by atoms with E-state index in [-0.39, 0.29) is 11.5 Å². The molecule has 0 aliphatic carbocycles. The maximum absolute atomic E-state index is 6.12. The third-order valence-electron chi connectivity index (χ3n) is 3.72. The second-order valence-electron chi connectivity index (χ2n) is 6.46. The molecule has 0 aliphatic heterocycles. The van der Waals surface area contributed by atoms with Crippen molar-refractivity contribution in [2.75, 3.05) is 5.32 Å². The predicted molar refractivity (Wildman–Crippen MR) is 93.2 cm³/mol. The summed E-state index contributed by atoms with van der Waals surface area (Å²) in [5.41, 5.74) is 3.90. The Balaban J connectivity index is 2.32. The van der Waals surface area contributed by atoms with Crippen LogP contribution < -0.4 is 5.32 Å². The van der Waals surface area contributed by atoms with Gasteiger partial charge in [-0.25, -0.2) is 0 Å². The molecule has 0 amide bonds. The van der Waals surface area contributed by atoms with Gasteiger partial charge in [-0.1, -0.05) is 69.6 Å². The zero-order valence-electron chi connectivity index (χ0n) is 13.3. The number of benzene rings is 2. The molecule has 0 spiro atoms. The molecule has 2 aromatic rings. The highest BCUT2D eigenvalue weighted by Crippen LogP contribution is 2.32. The van der Waals surface area contributed by atoms with Crippen molar-refractivity contribution < 1.29 is 0 Å². The molecular formula is C19H24ClN. The molecule has 0 aliphatic rings. The van der Waals surface area contributed by atoms with Crippen molar-refractivity contribution in [2.45, 2.75) is 45.6 Å². The molecule has 112 valence electrons. The lowest BCUT2D eigenvalue weighted by atomic mass is 9.85. The minimum atomic E-state index is 0.121. The summed E-state index contributed by atoms with van der Waals surface area (Å²) in [7, 11) is 0. The quantitative estimate of drug-likeness (QED) is 0.709. The van der Waals surface area contributed by atoms with Gasteiger partial charge in [-0.05, 0) is 41.2 Å². The summed E-state index contributed by atoms with van der Waals surface area (Å²) >= 11 is 6.12. The fourth-order valence-electron chi connectivity index (χ4n) is 2.60. The maximum Gasteiger partial charge on any atom is 0.0511 e. The van der Waals surface area contributed by atoms with Gasteiger partial charge in [0.05, 0.1) is 6.04 Å². The van der Waals surface area contributed by atoms with Gasteiger partial charge in [0.25, 0.3) is 0 Å². The van der Waals surface area contributed by atoms with Crippen molar-refractivity contribution in [3.63, 3.8) is 0 Å². The lowest BCUT2D eigenvalue weighted by molar-refractivity contribution is 0.589. The third-order valence-corrected chi connectivity index (χ3v) is 3.96.